The van der Waals surface area contributed by atoms with Gasteiger partial charge in [0.1, 0.15) is 18.5 Å². The second kappa shape index (κ2) is 9.39. The molecule has 2 rings (SSSR count). The molecule has 1 fully saturated rings. The van der Waals surface area contributed by atoms with Crippen molar-refractivity contribution in [1.29, 1.82) is 0 Å². The highest BCUT2D eigenvalue weighted by Crippen LogP contribution is 2.22. The number of amides is 1. The summed E-state index contributed by atoms with van der Waals surface area (Å²) in [5, 5.41) is 11.7. The Balaban J connectivity index is 1.89. The van der Waals surface area contributed by atoms with Crippen LogP contribution in [0.25, 0.3) is 0 Å². The molecule has 1 aromatic carbocycles. The molecule has 0 radical (unpaired) electrons. The zero-order chi connectivity index (χ0) is 18.2. The fourth-order valence-corrected chi connectivity index (χ4v) is 2.60. The van der Waals surface area contributed by atoms with Crippen LogP contribution in [0.1, 0.15) is 30.9 Å². The number of carboxylic acid groups (broad SMARTS) is 1. The zero-order valence-electron chi connectivity index (χ0n) is 14.6. The predicted octanol–water partition coefficient (Wildman–Crippen LogP) is 1.66. The first-order chi connectivity index (χ1) is 12.0. The number of aryl methyl sites for hydroxylation is 1. The quantitative estimate of drug-likeness (QED) is 0.657. The molecule has 1 heterocycles. The van der Waals surface area contributed by atoms with Crippen LogP contribution < -0.4 is 10.1 Å². The molecule has 0 aliphatic carbocycles. The smallest absolute Gasteiger partial charge is 0.332 e. The number of hydrogen-bond acceptors (Lipinski definition) is 5. The average Bonchev–Trinajstić information content (AvgIpc) is 3.08. The number of carboxylic acids is 1. The van der Waals surface area contributed by atoms with E-state index in [1.54, 1.807) is 0 Å². The van der Waals surface area contributed by atoms with E-state index in [1.165, 1.54) is 0 Å². The Bertz CT molecular complexity index is 603. The molecule has 25 heavy (non-hydrogen) atoms. The van der Waals surface area contributed by atoms with Gasteiger partial charge in [-0.15, -0.1) is 0 Å². The molecule has 0 bridgehead atoms. The van der Waals surface area contributed by atoms with E-state index in [2.05, 4.69) is 5.32 Å². The van der Waals surface area contributed by atoms with Crippen LogP contribution in [0.15, 0.2) is 18.2 Å². The van der Waals surface area contributed by atoms with Crippen molar-refractivity contribution in [1.82, 2.24) is 5.32 Å². The number of rotatable bonds is 9. The van der Waals surface area contributed by atoms with Crippen molar-refractivity contribution in [2.75, 3.05) is 19.8 Å². The number of aliphatic carboxylic acids is 1. The van der Waals surface area contributed by atoms with E-state index in [0.717, 1.165) is 11.1 Å². The van der Waals surface area contributed by atoms with Crippen molar-refractivity contribution < 1.29 is 28.9 Å². The molecule has 2 N–H and O–H groups in total. The molecule has 138 valence electrons. The van der Waals surface area contributed by atoms with E-state index in [9.17, 15) is 9.59 Å². The topological polar surface area (TPSA) is 94.1 Å². The van der Waals surface area contributed by atoms with Crippen LogP contribution in [0.2, 0.25) is 0 Å². The summed E-state index contributed by atoms with van der Waals surface area (Å²) in [6, 6.07) is 5.77. The maximum Gasteiger partial charge on any atom is 0.332 e. The molecule has 0 saturated carbocycles. The van der Waals surface area contributed by atoms with Crippen molar-refractivity contribution in [2.24, 2.45) is 0 Å². The summed E-state index contributed by atoms with van der Waals surface area (Å²) in [5.74, 6) is -0.626. The Morgan fingerprint density at radius 2 is 2.04 bits per heavy atom. The first-order valence-electron chi connectivity index (χ1n) is 8.47. The normalized spacial score (nSPS) is 19.6. The fourth-order valence-electron chi connectivity index (χ4n) is 2.60. The first kappa shape index (κ1) is 19.2. The third-order valence-corrected chi connectivity index (χ3v) is 3.95. The third kappa shape index (κ3) is 5.72. The molecule has 0 unspecified atom stereocenters. The van der Waals surface area contributed by atoms with Crippen LogP contribution in [0.3, 0.4) is 0 Å². The standard InChI is InChI=1S/C18H25NO6/c1-3-23-8-9-24-16-10-12(2)4-5-13(16)11-19-17(20)14-6-7-15(25-14)18(21)22/h4-5,10,14-15H,3,6-9,11H2,1-2H3,(H,19,20)(H,21,22)/t14-,15+/m0/s1. The Morgan fingerprint density at radius 3 is 2.72 bits per heavy atom. The highest BCUT2D eigenvalue weighted by Gasteiger charge is 2.34. The van der Waals surface area contributed by atoms with Crippen molar-refractivity contribution >= 4 is 11.9 Å². The zero-order valence-corrected chi connectivity index (χ0v) is 14.6. The molecule has 2 atom stereocenters. The van der Waals surface area contributed by atoms with Gasteiger partial charge in [0.05, 0.1) is 6.61 Å². The van der Waals surface area contributed by atoms with Gasteiger partial charge in [0.15, 0.2) is 6.10 Å². The molecule has 1 saturated heterocycles. The van der Waals surface area contributed by atoms with E-state index in [1.807, 2.05) is 32.0 Å². The van der Waals surface area contributed by atoms with Gasteiger partial charge in [-0.1, -0.05) is 12.1 Å². The molecular formula is C18H25NO6. The monoisotopic (exact) mass is 351 g/mol. The van der Waals surface area contributed by atoms with Crippen LogP contribution in [0.5, 0.6) is 5.75 Å². The van der Waals surface area contributed by atoms with E-state index >= 15 is 0 Å². The lowest BCUT2D eigenvalue weighted by molar-refractivity contribution is -0.151. The third-order valence-electron chi connectivity index (χ3n) is 3.95. The molecule has 7 heteroatoms. The molecule has 0 aromatic heterocycles. The summed E-state index contributed by atoms with van der Waals surface area (Å²) in [6.07, 6.45) is -0.848. The first-order valence-corrected chi connectivity index (χ1v) is 8.47. The molecule has 1 aliphatic rings. The molecular weight excluding hydrogens is 326 g/mol. The van der Waals surface area contributed by atoms with E-state index < -0.39 is 18.2 Å². The maximum atomic E-state index is 12.2. The number of carbonyl (C=O) groups excluding carboxylic acids is 1. The fraction of sp³-hybridized carbons (Fsp3) is 0.556. The van der Waals surface area contributed by atoms with Crippen molar-refractivity contribution in [2.45, 2.75) is 45.4 Å². The molecule has 0 spiro atoms. The Hall–Kier alpha value is -2.12. The largest absolute Gasteiger partial charge is 0.491 e. The maximum absolute atomic E-state index is 12.2. The number of benzene rings is 1. The molecule has 1 aromatic rings. The van der Waals surface area contributed by atoms with Gasteiger partial charge in [-0.05, 0) is 38.3 Å². The summed E-state index contributed by atoms with van der Waals surface area (Å²) in [4.78, 5) is 23.1. The van der Waals surface area contributed by atoms with E-state index in [-0.39, 0.29) is 5.91 Å². The molecule has 1 amide bonds. The average molecular weight is 351 g/mol. The Kier molecular flexibility index (Phi) is 7.21. The van der Waals surface area contributed by atoms with Gasteiger partial charge in [-0.2, -0.15) is 0 Å². The van der Waals surface area contributed by atoms with Crippen LogP contribution in [0, 0.1) is 6.92 Å². The highest BCUT2D eigenvalue weighted by molar-refractivity contribution is 5.82. The predicted molar refractivity (Wildman–Crippen MR) is 90.5 cm³/mol. The van der Waals surface area contributed by atoms with Gasteiger partial charge in [0, 0.05) is 18.7 Å². The van der Waals surface area contributed by atoms with Gasteiger partial charge in [-0.3, -0.25) is 4.79 Å². The summed E-state index contributed by atoms with van der Waals surface area (Å²) >= 11 is 0. The SMILES string of the molecule is CCOCCOc1cc(C)ccc1CNC(=O)[C@@H]1CC[C@H](C(=O)O)O1. The summed E-state index contributed by atoms with van der Waals surface area (Å²) in [5.41, 5.74) is 1.91. The lowest BCUT2D eigenvalue weighted by Gasteiger charge is -2.15. The van der Waals surface area contributed by atoms with Gasteiger partial charge < -0.3 is 24.6 Å². The van der Waals surface area contributed by atoms with Gasteiger partial charge in [-0.25, -0.2) is 4.79 Å². The van der Waals surface area contributed by atoms with E-state index in [0.29, 0.717) is 45.0 Å². The lowest BCUT2D eigenvalue weighted by atomic mass is 10.1. The van der Waals surface area contributed by atoms with Crippen LogP contribution in [0.4, 0.5) is 0 Å². The lowest BCUT2D eigenvalue weighted by Crippen LogP contribution is -2.35. The number of nitrogens with one attached hydrogen (secondary N) is 1. The Morgan fingerprint density at radius 1 is 1.28 bits per heavy atom. The summed E-state index contributed by atoms with van der Waals surface area (Å²) < 4.78 is 16.3. The van der Waals surface area contributed by atoms with Crippen LogP contribution in [-0.2, 0) is 25.6 Å². The van der Waals surface area contributed by atoms with Crippen molar-refractivity contribution in [3.63, 3.8) is 0 Å². The summed E-state index contributed by atoms with van der Waals surface area (Å²) in [7, 11) is 0. The van der Waals surface area contributed by atoms with Crippen molar-refractivity contribution in [3.05, 3.63) is 29.3 Å². The number of hydrogen-bond donors (Lipinski definition) is 2. The van der Waals surface area contributed by atoms with Gasteiger partial charge in [0.25, 0.3) is 0 Å². The molecule has 7 nitrogen and oxygen atoms in total. The number of ether oxygens (including phenoxy) is 3. The van der Waals surface area contributed by atoms with E-state index in [4.69, 9.17) is 19.3 Å². The number of carbonyl (C=O) groups is 2. The highest BCUT2D eigenvalue weighted by atomic mass is 16.5. The van der Waals surface area contributed by atoms with Crippen molar-refractivity contribution in [3.8, 4) is 5.75 Å². The minimum absolute atomic E-state index is 0.292. The van der Waals surface area contributed by atoms with Crippen LogP contribution >= 0.6 is 0 Å². The van der Waals surface area contributed by atoms with Gasteiger partial charge in [0.2, 0.25) is 5.91 Å². The second-order valence-electron chi connectivity index (χ2n) is 5.90. The second-order valence-corrected chi connectivity index (χ2v) is 5.90. The molecule has 1 aliphatic heterocycles. The minimum Gasteiger partial charge on any atom is -0.491 e. The van der Waals surface area contributed by atoms with Gasteiger partial charge >= 0.3 is 5.97 Å². The Labute approximate surface area is 147 Å². The minimum atomic E-state index is -1.03. The van der Waals surface area contributed by atoms with Crippen LogP contribution in [-0.4, -0.2) is 49.0 Å². The summed E-state index contributed by atoms with van der Waals surface area (Å²) in [6.45, 7) is 5.76.